The molecule has 4 aromatic rings. The second kappa shape index (κ2) is 15.1. The first kappa shape index (κ1) is 35.0. The van der Waals surface area contributed by atoms with Crippen molar-refractivity contribution in [1.82, 2.24) is 9.97 Å². The SMILES string of the molecule is CC1(C)c2nc3ccccc3[c-]c2-c2nccc3cc(C4CCCCC4)cc1c23.CCC(CC)C(=O)/C=C(\O)C(CC)CC.[Ir]. The average molecular weight is 782 g/mol. The van der Waals surface area contributed by atoms with E-state index < -0.39 is 0 Å². The molecule has 2 heterocycles. The molecule has 0 bridgehead atoms. The monoisotopic (exact) mass is 782 g/mol. The minimum atomic E-state index is -0.172. The fourth-order valence-electron chi connectivity index (χ4n) is 7.27. The van der Waals surface area contributed by atoms with Crippen molar-refractivity contribution in [3.05, 3.63) is 83.4 Å². The number of pyridine rings is 2. The van der Waals surface area contributed by atoms with Gasteiger partial charge < -0.3 is 10.1 Å². The van der Waals surface area contributed by atoms with Gasteiger partial charge in [0.2, 0.25) is 0 Å². The van der Waals surface area contributed by atoms with Gasteiger partial charge in [-0.2, -0.15) is 0 Å². The Morgan fingerprint density at radius 3 is 2.31 bits per heavy atom. The summed E-state index contributed by atoms with van der Waals surface area (Å²) in [5, 5.41) is 13.4. The molecule has 1 radical (unpaired) electrons. The van der Waals surface area contributed by atoms with E-state index in [1.54, 1.807) is 0 Å². The zero-order chi connectivity index (χ0) is 31.4. The number of rotatable bonds is 8. The summed E-state index contributed by atoms with van der Waals surface area (Å²) in [6.07, 6.45) is 13.6. The van der Waals surface area contributed by atoms with Gasteiger partial charge in [-0.05, 0) is 83.6 Å². The van der Waals surface area contributed by atoms with E-state index in [1.165, 1.54) is 60.1 Å². The molecule has 0 saturated heterocycles. The molecule has 1 saturated carbocycles. The Kier molecular flexibility index (Phi) is 11.8. The Hall–Kier alpha value is -2.88. The van der Waals surface area contributed by atoms with Crippen molar-refractivity contribution in [2.75, 3.05) is 0 Å². The number of fused-ring (bicyclic) bond motifs is 3. The van der Waals surface area contributed by atoms with Crippen LogP contribution >= 0.6 is 0 Å². The maximum atomic E-state index is 11.7. The molecule has 241 valence electrons. The maximum absolute atomic E-state index is 11.7. The molecule has 1 N–H and O–H groups in total. The van der Waals surface area contributed by atoms with Crippen LogP contribution in [-0.2, 0) is 30.3 Å². The van der Waals surface area contributed by atoms with Crippen LogP contribution in [0.15, 0.2) is 60.5 Å². The normalized spacial score (nSPS) is 15.9. The first-order valence-corrected chi connectivity index (χ1v) is 16.9. The fraction of sp³-hybridized carbons (Fsp3) is 0.475. The summed E-state index contributed by atoms with van der Waals surface area (Å²) >= 11 is 0. The summed E-state index contributed by atoms with van der Waals surface area (Å²) in [7, 11) is 0. The first-order chi connectivity index (χ1) is 21.2. The van der Waals surface area contributed by atoms with Gasteiger partial charge in [-0.3, -0.25) is 9.78 Å². The third-order valence-corrected chi connectivity index (χ3v) is 10.2. The van der Waals surface area contributed by atoms with Crippen LogP contribution in [0.1, 0.15) is 122 Å². The van der Waals surface area contributed by atoms with Gasteiger partial charge in [-0.15, -0.1) is 12.1 Å². The number of para-hydroxylation sites is 1. The van der Waals surface area contributed by atoms with Gasteiger partial charge in [0.1, 0.15) is 0 Å². The maximum Gasteiger partial charge on any atom is 0.162 e. The molecule has 0 unspecified atom stereocenters. The van der Waals surface area contributed by atoms with Crippen LogP contribution in [-0.4, -0.2) is 20.9 Å². The van der Waals surface area contributed by atoms with Crippen molar-refractivity contribution in [3.8, 4) is 11.3 Å². The molecular formula is C40H49IrN2O2-. The van der Waals surface area contributed by atoms with E-state index in [9.17, 15) is 9.90 Å². The standard InChI is InChI=1S/C27H25N2.C13H24O2.Ir/c1-27(2)22-16-20(17-8-4-3-5-9-17)14-19-12-13-28-25(24(19)22)21-15-18-10-6-7-11-23(18)29-26(21)27;1-5-10(6-2)12(14)9-13(15)11(7-3)8-4;/h6-7,10-14,16-17H,3-5,8-9H2,1-2H3;9-11,14H,5-8H2,1-4H3;/q-1;;/b;12-9-;. The Balaban J connectivity index is 0.000000249. The molecule has 2 aliphatic carbocycles. The minimum Gasteiger partial charge on any atom is -0.512 e. The Labute approximate surface area is 283 Å². The van der Waals surface area contributed by atoms with E-state index in [0.29, 0.717) is 5.92 Å². The molecule has 4 nitrogen and oxygen atoms in total. The van der Waals surface area contributed by atoms with E-state index in [1.807, 2.05) is 33.9 Å². The number of hydrogen-bond donors (Lipinski definition) is 1. The second-order valence-electron chi connectivity index (χ2n) is 13.3. The summed E-state index contributed by atoms with van der Waals surface area (Å²) in [5.74, 6) is 1.24. The molecule has 2 aromatic carbocycles. The van der Waals surface area contributed by atoms with E-state index >= 15 is 0 Å². The predicted octanol–water partition coefficient (Wildman–Crippen LogP) is 10.8. The van der Waals surface area contributed by atoms with E-state index in [2.05, 4.69) is 62.4 Å². The number of aliphatic hydroxyl groups excluding tert-OH is 1. The number of hydrogen-bond acceptors (Lipinski definition) is 4. The molecule has 45 heavy (non-hydrogen) atoms. The molecule has 0 atom stereocenters. The quantitative estimate of drug-likeness (QED) is 0.110. The molecule has 0 aliphatic heterocycles. The van der Waals surface area contributed by atoms with Crippen LogP contribution in [0.5, 0.6) is 0 Å². The van der Waals surface area contributed by atoms with Gasteiger partial charge in [0, 0.05) is 55.3 Å². The number of carbonyl (C=O) groups excluding carboxylic acids is 1. The van der Waals surface area contributed by atoms with Crippen LogP contribution in [0.2, 0.25) is 0 Å². The number of benzene rings is 2. The Bertz CT molecular complexity index is 1660. The summed E-state index contributed by atoms with van der Waals surface area (Å²) in [5.41, 5.74) is 6.93. The predicted molar refractivity (Wildman–Crippen MR) is 183 cm³/mol. The number of ketones is 1. The van der Waals surface area contributed by atoms with Gasteiger partial charge in [0.05, 0.1) is 5.76 Å². The molecule has 1 fully saturated rings. The Morgan fingerprint density at radius 2 is 1.64 bits per heavy atom. The largest absolute Gasteiger partial charge is 0.512 e. The molecule has 6 rings (SSSR count). The van der Waals surface area contributed by atoms with Crippen LogP contribution in [0.25, 0.3) is 32.9 Å². The average Bonchev–Trinajstić information content (AvgIpc) is 3.04. The van der Waals surface area contributed by atoms with Gasteiger partial charge in [0.25, 0.3) is 0 Å². The number of carbonyl (C=O) groups is 1. The van der Waals surface area contributed by atoms with E-state index in [0.717, 1.165) is 53.5 Å². The van der Waals surface area contributed by atoms with E-state index in [-0.39, 0.29) is 48.9 Å². The molecule has 0 amide bonds. The van der Waals surface area contributed by atoms with E-state index in [4.69, 9.17) is 9.97 Å². The van der Waals surface area contributed by atoms with Crippen molar-refractivity contribution < 1.29 is 30.0 Å². The van der Waals surface area contributed by atoms with Crippen molar-refractivity contribution in [2.45, 2.75) is 111 Å². The van der Waals surface area contributed by atoms with Crippen molar-refractivity contribution in [1.29, 1.82) is 0 Å². The first-order valence-electron chi connectivity index (χ1n) is 16.9. The molecule has 5 heteroatoms. The molecule has 0 spiro atoms. The zero-order valence-corrected chi connectivity index (χ0v) is 30.3. The third kappa shape index (κ3) is 7.10. The van der Waals surface area contributed by atoms with Crippen LogP contribution in [0.4, 0.5) is 0 Å². The summed E-state index contributed by atoms with van der Waals surface area (Å²) in [6.45, 7) is 12.7. The van der Waals surface area contributed by atoms with Crippen molar-refractivity contribution in [3.63, 3.8) is 0 Å². The second-order valence-corrected chi connectivity index (χ2v) is 13.3. The summed E-state index contributed by atoms with van der Waals surface area (Å²) in [4.78, 5) is 21.7. The van der Waals surface area contributed by atoms with Crippen molar-refractivity contribution in [2.24, 2.45) is 11.8 Å². The number of aliphatic hydroxyl groups is 1. The van der Waals surface area contributed by atoms with Gasteiger partial charge in [0.15, 0.2) is 5.78 Å². The molecule has 2 aliphatic rings. The molecule has 2 aromatic heterocycles. The van der Waals surface area contributed by atoms with Crippen LogP contribution in [0, 0.1) is 17.9 Å². The van der Waals surface area contributed by atoms with Gasteiger partial charge >= 0.3 is 0 Å². The van der Waals surface area contributed by atoms with Crippen LogP contribution in [0.3, 0.4) is 0 Å². The summed E-state index contributed by atoms with van der Waals surface area (Å²) < 4.78 is 0. The van der Waals surface area contributed by atoms with Crippen molar-refractivity contribution >= 4 is 27.5 Å². The number of aromatic nitrogens is 2. The number of nitrogens with zero attached hydrogens (tertiary/aromatic N) is 2. The van der Waals surface area contributed by atoms with Gasteiger partial charge in [-0.1, -0.05) is 102 Å². The molecular weight excluding hydrogens is 733 g/mol. The Morgan fingerprint density at radius 1 is 0.978 bits per heavy atom. The smallest absolute Gasteiger partial charge is 0.162 e. The topological polar surface area (TPSA) is 63.1 Å². The van der Waals surface area contributed by atoms with Crippen LogP contribution < -0.4 is 0 Å². The minimum absolute atomic E-state index is 0. The van der Waals surface area contributed by atoms with Gasteiger partial charge in [-0.25, -0.2) is 0 Å². The third-order valence-electron chi connectivity index (χ3n) is 10.2. The number of allylic oxidation sites excluding steroid dienone is 2. The zero-order valence-electron chi connectivity index (χ0n) is 27.9. The fourth-order valence-corrected chi connectivity index (χ4v) is 7.27. The summed E-state index contributed by atoms with van der Waals surface area (Å²) in [6, 6.07) is 19.0.